The van der Waals surface area contributed by atoms with Crippen molar-refractivity contribution in [2.75, 3.05) is 0 Å². The van der Waals surface area contributed by atoms with Gasteiger partial charge in [-0.3, -0.25) is 14.9 Å². The van der Waals surface area contributed by atoms with Crippen LogP contribution >= 0.6 is 0 Å². The van der Waals surface area contributed by atoms with Gasteiger partial charge in [0.05, 0.1) is 4.92 Å². The summed E-state index contributed by atoms with van der Waals surface area (Å²) in [4.78, 5) is 19.7. The first-order valence-corrected chi connectivity index (χ1v) is 4.00. The Morgan fingerprint density at radius 2 is 1.88 bits per heavy atom. The molecule has 1 rings (SSSR count). The number of hydrogen-bond acceptors (Lipinski definition) is 3. The van der Waals surface area contributed by atoms with E-state index in [1.54, 1.807) is 0 Å². The van der Waals surface area contributed by atoms with Crippen molar-refractivity contribution in [3.8, 4) is 0 Å². The van der Waals surface area contributed by atoms with E-state index in [1.165, 1.54) is 0 Å². The normalized spacial score (nSPS) is 11.3. The highest BCUT2D eigenvalue weighted by Gasteiger charge is 2.41. The van der Waals surface area contributed by atoms with Crippen LogP contribution in [0.3, 0.4) is 0 Å². The fraction of sp³-hybridized carbons (Fsp3) is 0.125. The van der Waals surface area contributed by atoms with Crippen molar-refractivity contribution < 1.29 is 27.3 Å². The summed E-state index contributed by atoms with van der Waals surface area (Å²) in [5.41, 5.74) is -0.170. The number of nitro groups is 1. The van der Waals surface area contributed by atoms with Crippen molar-refractivity contribution in [2.45, 2.75) is 6.18 Å². The van der Waals surface area contributed by atoms with Crippen molar-refractivity contribution in [1.29, 1.82) is 0 Å². The Balaban J connectivity index is 3.72. The SMILES string of the molecule is NC(=O)c1c(F)ccc(C(F)(F)F)c1[N+](=O)[O-]. The molecule has 0 saturated carbocycles. The zero-order valence-corrected chi connectivity index (χ0v) is 7.92. The summed E-state index contributed by atoms with van der Waals surface area (Å²) >= 11 is 0. The molecule has 1 amide bonds. The molecule has 0 aromatic heterocycles. The monoisotopic (exact) mass is 252 g/mol. The molecule has 0 bridgehead atoms. The van der Waals surface area contributed by atoms with Gasteiger partial charge in [0.1, 0.15) is 11.4 Å². The Kier molecular flexibility index (Phi) is 3.03. The molecule has 0 radical (unpaired) electrons. The molecule has 92 valence electrons. The topological polar surface area (TPSA) is 86.2 Å². The van der Waals surface area contributed by atoms with Gasteiger partial charge in [-0.2, -0.15) is 13.2 Å². The lowest BCUT2D eigenvalue weighted by atomic mass is 10.1. The van der Waals surface area contributed by atoms with Gasteiger partial charge in [0, 0.05) is 0 Å². The molecule has 0 fully saturated rings. The Hall–Kier alpha value is -2.19. The third kappa shape index (κ3) is 2.32. The molecule has 9 heteroatoms. The Morgan fingerprint density at radius 3 is 2.24 bits per heavy atom. The first kappa shape index (κ1) is 12.9. The largest absolute Gasteiger partial charge is 0.423 e. The van der Waals surface area contributed by atoms with Crippen molar-refractivity contribution in [2.24, 2.45) is 5.73 Å². The van der Waals surface area contributed by atoms with E-state index in [4.69, 9.17) is 0 Å². The second kappa shape index (κ2) is 4.00. The summed E-state index contributed by atoms with van der Waals surface area (Å²) in [6.45, 7) is 0. The van der Waals surface area contributed by atoms with E-state index in [0.717, 1.165) is 0 Å². The predicted molar refractivity (Wildman–Crippen MR) is 46.6 cm³/mol. The van der Waals surface area contributed by atoms with Crippen LogP contribution in [0.4, 0.5) is 23.2 Å². The maximum atomic E-state index is 13.1. The number of halogens is 4. The molecule has 2 N–H and O–H groups in total. The number of alkyl halides is 3. The molecule has 0 saturated heterocycles. The van der Waals surface area contributed by atoms with Crippen LogP contribution in [0.2, 0.25) is 0 Å². The second-order valence-corrected chi connectivity index (χ2v) is 2.94. The highest BCUT2D eigenvalue weighted by atomic mass is 19.4. The van der Waals surface area contributed by atoms with Crippen LogP contribution in [0.25, 0.3) is 0 Å². The molecule has 0 aliphatic carbocycles. The second-order valence-electron chi connectivity index (χ2n) is 2.94. The van der Waals surface area contributed by atoms with Crippen molar-refractivity contribution >= 4 is 11.6 Å². The molecule has 0 aliphatic heterocycles. The van der Waals surface area contributed by atoms with Gasteiger partial charge in [-0.1, -0.05) is 0 Å². The van der Waals surface area contributed by atoms with E-state index in [-0.39, 0.29) is 6.07 Å². The zero-order chi connectivity index (χ0) is 13.4. The number of amides is 1. The van der Waals surface area contributed by atoms with Crippen LogP contribution in [-0.4, -0.2) is 10.8 Å². The molecule has 5 nitrogen and oxygen atoms in total. The molecule has 0 heterocycles. The molecule has 0 spiro atoms. The van der Waals surface area contributed by atoms with Crippen LogP contribution in [-0.2, 0) is 6.18 Å². The number of rotatable bonds is 2. The highest BCUT2D eigenvalue weighted by molar-refractivity contribution is 5.97. The quantitative estimate of drug-likeness (QED) is 0.495. The summed E-state index contributed by atoms with van der Waals surface area (Å²) in [6.07, 6.45) is -5.08. The summed E-state index contributed by atoms with van der Waals surface area (Å²) in [6, 6.07) is 0.482. The standard InChI is InChI=1S/C8H4F4N2O3/c9-4-2-1-3(8(10,11)12)6(14(16)17)5(4)7(13)15/h1-2H,(H2,13,15). The number of nitro benzene ring substituents is 1. The molecule has 0 unspecified atom stereocenters. The lowest BCUT2D eigenvalue weighted by Crippen LogP contribution is -2.19. The van der Waals surface area contributed by atoms with Crippen LogP contribution in [0.5, 0.6) is 0 Å². The van der Waals surface area contributed by atoms with Crippen molar-refractivity contribution in [3.63, 3.8) is 0 Å². The summed E-state index contributed by atoms with van der Waals surface area (Å²) in [7, 11) is 0. The van der Waals surface area contributed by atoms with Gasteiger partial charge >= 0.3 is 6.18 Å². The minimum Gasteiger partial charge on any atom is -0.365 e. The predicted octanol–water partition coefficient (Wildman–Crippen LogP) is 1.85. The van der Waals surface area contributed by atoms with Gasteiger partial charge in [-0.15, -0.1) is 0 Å². The smallest absolute Gasteiger partial charge is 0.365 e. The molecule has 17 heavy (non-hydrogen) atoms. The van der Waals surface area contributed by atoms with Gasteiger partial charge in [0.2, 0.25) is 0 Å². The number of benzene rings is 1. The minimum atomic E-state index is -5.08. The number of primary amides is 1. The van der Waals surface area contributed by atoms with Crippen LogP contribution in [0.1, 0.15) is 15.9 Å². The Labute approximate surface area is 91.0 Å². The fourth-order valence-corrected chi connectivity index (χ4v) is 1.22. The Bertz CT molecular complexity index is 498. The molecule has 0 aliphatic rings. The van der Waals surface area contributed by atoms with Gasteiger partial charge < -0.3 is 5.73 Å². The minimum absolute atomic E-state index is 0.180. The summed E-state index contributed by atoms with van der Waals surface area (Å²) in [5, 5.41) is 10.5. The van der Waals surface area contributed by atoms with Gasteiger partial charge in [0.25, 0.3) is 11.6 Å². The Morgan fingerprint density at radius 1 is 1.35 bits per heavy atom. The van der Waals surface area contributed by atoms with Crippen LogP contribution in [0.15, 0.2) is 12.1 Å². The lowest BCUT2D eigenvalue weighted by Gasteiger charge is -2.09. The molecular formula is C8H4F4N2O3. The number of hydrogen-bond donors (Lipinski definition) is 1. The van der Waals surface area contributed by atoms with Crippen molar-refractivity contribution in [3.05, 3.63) is 39.2 Å². The maximum Gasteiger partial charge on any atom is 0.423 e. The summed E-state index contributed by atoms with van der Waals surface area (Å²) in [5.74, 6) is -3.11. The van der Waals surface area contributed by atoms with E-state index >= 15 is 0 Å². The first-order valence-electron chi connectivity index (χ1n) is 4.00. The first-order chi connectivity index (χ1) is 7.66. The average molecular weight is 252 g/mol. The summed E-state index contributed by atoms with van der Waals surface area (Å²) < 4.78 is 50.3. The number of carbonyl (C=O) groups excluding carboxylic acids is 1. The van der Waals surface area contributed by atoms with Crippen LogP contribution < -0.4 is 5.73 Å². The highest BCUT2D eigenvalue weighted by Crippen LogP contribution is 2.38. The van der Waals surface area contributed by atoms with Gasteiger partial charge in [0.15, 0.2) is 5.56 Å². The average Bonchev–Trinajstić information content (AvgIpc) is 2.14. The van der Waals surface area contributed by atoms with E-state index < -0.39 is 39.6 Å². The maximum absolute atomic E-state index is 13.1. The molecule has 1 aromatic carbocycles. The van der Waals surface area contributed by atoms with Crippen molar-refractivity contribution in [1.82, 2.24) is 0 Å². The van der Waals surface area contributed by atoms with Crippen LogP contribution in [0, 0.1) is 15.9 Å². The number of nitrogens with two attached hydrogens (primary N) is 1. The molecular weight excluding hydrogens is 248 g/mol. The number of carbonyl (C=O) groups is 1. The van der Waals surface area contributed by atoms with E-state index in [0.29, 0.717) is 6.07 Å². The molecule has 1 aromatic rings. The molecule has 0 atom stereocenters. The fourth-order valence-electron chi connectivity index (χ4n) is 1.22. The van der Waals surface area contributed by atoms with Gasteiger partial charge in [-0.25, -0.2) is 4.39 Å². The van der Waals surface area contributed by atoms with E-state index in [2.05, 4.69) is 5.73 Å². The lowest BCUT2D eigenvalue weighted by molar-refractivity contribution is -0.388. The third-order valence-corrected chi connectivity index (χ3v) is 1.86. The number of nitrogens with zero attached hydrogens (tertiary/aromatic N) is 1. The van der Waals surface area contributed by atoms with Gasteiger partial charge in [-0.05, 0) is 12.1 Å². The zero-order valence-electron chi connectivity index (χ0n) is 7.92. The third-order valence-electron chi connectivity index (χ3n) is 1.86. The van der Waals surface area contributed by atoms with E-state index in [1.807, 2.05) is 0 Å². The van der Waals surface area contributed by atoms with E-state index in [9.17, 15) is 32.5 Å².